The molecular weight excluding hydrogens is 384 g/mol. The minimum atomic E-state index is -0.592. The van der Waals surface area contributed by atoms with Gasteiger partial charge in [0.1, 0.15) is 16.8 Å². The van der Waals surface area contributed by atoms with Gasteiger partial charge in [-0.05, 0) is 36.7 Å². The van der Waals surface area contributed by atoms with Crippen LogP contribution in [-0.4, -0.2) is 22.6 Å². The average Bonchev–Trinajstić information content (AvgIpc) is 2.97. The molecule has 1 aromatic rings. The number of nitrogens with two attached hydrogens (primary N) is 1. The summed E-state index contributed by atoms with van der Waals surface area (Å²) in [6, 6.07) is 8.79. The Hall–Kier alpha value is -2.43. The van der Waals surface area contributed by atoms with Crippen molar-refractivity contribution in [3.63, 3.8) is 0 Å². The Labute approximate surface area is 167 Å². The van der Waals surface area contributed by atoms with Gasteiger partial charge in [-0.3, -0.25) is 4.90 Å². The maximum Gasteiger partial charge on any atom is 0.338 e. The lowest BCUT2D eigenvalue weighted by Gasteiger charge is -2.35. The number of thioether (sulfide) groups is 1. The number of benzene rings is 1. The number of carbonyl (C=O) groups is 1. The molecule has 0 amide bonds. The predicted molar refractivity (Wildman–Crippen MR) is 106 cm³/mol. The van der Waals surface area contributed by atoms with E-state index in [1.54, 1.807) is 17.9 Å². The van der Waals surface area contributed by atoms with Crippen LogP contribution in [0.4, 0.5) is 0 Å². The summed E-state index contributed by atoms with van der Waals surface area (Å²) in [6.07, 6.45) is 1.41. The van der Waals surface area contributed by atoms with Crippen LogP contribution in [0, 0.1) is 11.3 Å². The maximum absolute atomic E-state index is 12.9. The van der Waals surface area contributed by atoms with E-state index < -0.39 is 12.0 Å². The first-order chi connectivity index (χ1) is 13.0. The number of fused-ring (bicyclic) bond motifs is 1. The summed E-state index contributed by atoms with van der Waals surface area (Å²) in [6.45, 7) is 4.02. The number of halogens is 1. The third-order valence-electron chi connectivity index (χ3n) is 4.25. The van der Waals surface area contributed by atoms with Crippen LogP contribution in [0.2, 0.25) is 5.02 Å². The van der Waals surface area contributed by atoms with Crippen LogP contribution in [0.25, 0.3) is 0 Å². The SMILES string of the molecule is CCCC1=C(C(=O)OCC)[C@@H](c2ccccc2Cl)N2C(=N1)SC(C#N)=C2N. The van der Waals surface area contributed by atoms with Gasteiger partial charge in [-0.25, -0.2) is 9.79 Å². The average molecular weight is 403 g/mol. The van der Waals surface area contributed by atoms with Crippen molar-refractivity contribution in [2.45, 2.75) is 32.7 Å². The lowest BCUT2D eigenvalue weighted by atomic mass is 9.93. The topological polar surface area (TPSA) is 91.7 Å². The predicted octanol–water partition coefficient (Wildman–Crippen LogP) is 4.07. The lowest BCUT2D eigenvalue weighted by Crippen LogP contribution is -2.39. The van der Waals surface area contributed by atoms with Gasteiger partial charge in [0, 0.05) is 5.02 Å². The fourth-order valence-corrected chi connectivity index (χ4v) is 4.26. The monoisotopic (exact) mass is 402 g/mol. The second kappa shape index (κ2) is 8.07. The van der Waals surface area contributed by atoms with E-state index in [0.717, 1.165) is 6.42 Å². The maximum atomic E-state index is 12.9. The summed E-state index contributed by atoms with van der Waals surface area (Å²) in [5, 5.41) is 10.5. The van der Waals surface area contributed by atoms with E-state index >= 15 is 0 Å². The summed E-state index contributed by atoms with van der Waals surface area (Å²) >= 11 is 7.67. The summed E-state index contributed by atoms with van der Waals surface area (Å²) < 4.78 is 5.32. The molecule has 0 bridgehead atoms. The third-order valence-corrected chi connectivity index (χ3v) is 5.57. The highest BCUT2D eigenvalue weighted by Gasteiger charge is 2.43. The van der Waals surface area contributed by atoms with Crippen molar-refractivity contribution in [1.82, 2.24) is 4.90 Å². The van der Waals surface area contributed by atoms with E-state index in [1.807, 2.05) is 25.1 Å². The van der Waals surface area contributed by atoms with E-state index in [4.69, 9.17) is 22.1 Å². The number of nitriles is 1. The molecule has 1 aromatic carbocycles. The van der Waals surface area contributed by atoms with Crippen LogP contribution in [0.15, 0.2) is 51.3 Å². The molecule has 0 saturated carbocycles. The van der Waals surface area contributed by atoms with E-state index in [-0.39, 0.29) is 12.4 Å². The van der Waals surface area contributed by atoms with Gasteiger partial charge in [0.05, 0.1) is 23.9 Å². The molecule has 2 aliphatic heterocycles. The van der Waals surface area contributed by atoms with Crippen LogP contribution < -0.4 is 5.73 Å². The van der Waals surface area contributed by atoms with Gasteiger partial charge in [-0.15, -0.1) is 0 Å². The molecule has 0 radical (unpaired) electrons. The molecule has 0 unspecified atom stereocenters. The Morgan fingerprint density at radius 1 is 1.44 bits per heavy atom. The van der Waals surface area contributed by atoms with Crippen LogP contribution >= 0.6 is 23.4 Å². The molecule has 2 N–H and O–H groups in total. The minimum Gasteiger partial charge on any atom is -0.463 e. The van der Waals surface area contributed by atoms with E-state index in [9.17, 15) is 10.1 Å². The number of ether oxygens (including phenoxy) is 1. The van der Waals surface area contributed by atoms with Gasteiger partial charge >= 0.3 is 5.97 Å². The lowest BCUT2D eigenvalue weighted by molar-refractivity contribution is -0.139. The van der Waals surface area contributed by atoms with Gasteiger partial charge in [0.2, 0.25) is 0 Å². The smallest absolute Gasteiger partial charge is 0.338 e. The van der Waals surface area contributed by atoms with Crippen molar-refractivity contribution in [3.8, 4) is 6.07 Å². The largest absolute Gasteiger partial charge is 0.463 e. The highest BCUT2D eigenvalue weighted by Crippen LogP contribution is 2.47. The Bertz CT molecular complexity index is 917. The Balaban J connectivity index is 2.25. The van der Waals surface area contributed by atoms with Crippen LogP contribution in [-0.2, 0) is 9.53 Å². The highest BCUT2D eigenvalue weighted by molar-refractivity contribution is 8.17. The third kappa shape index (κ3) is 3.43. The molecule has 1 atom stereocenters. The van der Waals surface area contributed by atoms with Crippen molar-refractivity contribution in [1.29, 1.82) is 5.26 Å². The van der Waals surface area contributed by atoms with Crippen molar-refractivity contribution in [3.05, 3.63) is 56.8 Å². The quantitative estimate of drug-likeness (QED) is 0.746. The fraction of sp³-hybridized carbons (Fsp3) is 0.316. The summed E-state index contributed by atoms with van der Waals surface area (Å²) in [5.74, 6) is -0.180. The van der Waals surface area contributed by atoms with Crippen LogP contribution in [0.1, 0.15) is 38.3 Å². The van der Waals surface area contributed by atoms with Crippen LogP contribution in [0.3, 0.4) is 0 Å². The molecule has 27 heavy (non-hydrogen) atoms. The summed E-state index contributed by atoms with van der Waals surface area (Å²) in [5.41, 5.74) is 8.02. The zero-order valence-corrected chi connectivity index (χ0v) is 16.6. The molecule has 0 spiro atoms. The molecule has 0 saturated heterocycles. The first kappa shape index (κ1) is 19.3. The van der Waals surface area contributed by atoms with E-state index in [1.165, 1.54) is 11.8 Å². The fourth-order valence-electron chi connectivity index (χ4n) is 3.13. The molecule has 2 heterocycles. The molecular formula is C19H19ClN4O2S. The Kier molecular flexibility index (Phi) is 5.78. The molecule has 2 aliphatic rings. The van der Waals surface area contributed by atoms with Crippen molar-refractivity contribution < 1.29 is 9.53 Å². The van der Waals surface area contributed by atoms with Gasteiger partial charge in [-0.2, -0.15) is 5.26 Å². The highest BCUT2D eigenvalue weighted by atomic mass is 35.5. The number of allylic oxidation sites excluding steroid dienone is 2. The first-order valence-corrected chi connectivity index (χ1v) is 9.83. The number of hydrogen-bond donors (Lipinski definition) is 1. The number of carbonyl (C=O) groups excluding carboxylic acids is 1. The van der Waals surface area contributed by atoms with Crippen molar-refractivity contribution in [2.75, 3.05) is 6.61 Å². The van der Waals surface area contributed by atoms with Crippen molar-refractivity contribution >= 4 is 34.5 Å². The number of amidine groups is 1. The minimum absolute atomic E-state index is 0.247. The first-order valence-electron chi connectivity index (χ1n) is 8.63. The van der Waals surface area contributed by atoms with Crippen molar-refractivity contribution in [2.24, 2.45) is 10.7 Å². The molecule has 0 fully saturated rings. The Morgan fingerprint density at radius 3 is 2.81 bits per heavy atom. The standard InChI is InChI=1S/C19H19ClN4O2S/c1-3-7-13-15(18(25)26-4-2)16(11-8-5-6-9-12(11)20)24-17(22)14(10-21)27-19(24)23-13/h5-6,8-9,16H,3-4,7,22H2,1-2H3/t16-/m1/s1. The zero-order chi connectivity index (χ0) is 19.6. The number of aliphatic imine (C=N–C) groups is 1. The number of esters is 1. The Morgan fingerprint density at radius 2 is 2.19 bits per heavy atom. The van der Waals surface area contributed by atoms with Gasteiger partial charge in [0.25, 0.3) is 0 Å². The second-order valence-corrected chi connectivity index (χ2v) is 7.33. The normalized spacial score (nSPS) is 19.0. The molecule has 8 heteroatoms. The number of rotatable bonds is 5. The van der Waals surface area contributed by atoms with Gasteiger partial charge < -0.3 is 10.5 Å². The molecule has 3 rings (SSSR count). The second-order valence-electron chi connectivity index (χ2n) is 5.95. The number of nitrogens with zero attached hydrogens (tertiary/aromatic N) is 3. The van der Waals surface area contributed by atoms with E-state index in [0.29, 0.717) is 38.3 Å². The molecule has 0 aromatic heterocycles. The zero-order valence-electron chi connectivity index (χ0n) is 15.0. The number of hydrogen-bond acceptors (Lipinski definition) is 7. The van der Waals surface area contributed by atoms with Gasteiger partial charge in [0.15, 0.2) is 5.17 Å². The molecule has 6 nitrogen and oxygen atoms in total. The summed E-state index contributed by atoms with van der Waals surface area (Å²) in [7, 11) is 0. The van der Waals surface area contributed by atoms with Crippen LogP contribution in [0.5, 0.6) is 0 Å². The molecule has 0 aliphatic carbocycles. The molecule has 140 valence electrons. The van der Waals surface area contributed by atoms with E-state index in [2.05, 4.69) is 11.1 Å². The summed E-state index contributed by atoms with van der Waals surface area (Å²) in [4.78, 5) is 19.6. The van der Waals surface area contributed by atoms with Gasteiger partial charge in [-0.1, -0.05) is 43.1 Å².